The number of nitrogens with zero attached hydrogens (tertiary/aromatic N) is 2. The molecule has 9 heteroatoms. The molecule has 2 aromatic carbocycles. The molecule has 0 radical (unpaired) electrons. The second-order valence-electron chi connectivity index (χ2n) is 6.56. The van der Waals surface area contributed by atoms with Gasteiger partial charge in [-0.15, -0.1) is 0 Å². The second kappa shape index (κ2) is 7.96. The maximum absolute atomic E-state index is 14.2. The lowest BCUT2D eigenvalue weighted by atomic mass is 10.1. The van der Waals surface area contributed by atoms with Gasteiger partial charge in [0.15, 0.2) is 5.11 Å². The van der Waals surface area contributed by atoms with E-state index in [-0.39, 0.29) is 21.9 Å². The molecular formula is C22H14FN3O4S. The van der Waals surface area contributed by atoms with Crippen LogP contribution in [0.4, 0.5) is 10.1 Å². The summed E-state index contributed by atoms with van der Waals surface area (Å²) in [6.45, 7) is 0. The number of thiocarbonyl (C=S) groups is 1. The van der Waals surface area contributed by atoms with E-state index in [1.165, 1.54) is 41.0 Å². The summed E-state index contributed by atoms with van der Waals surface area (Å²) in [5.41, 5.74) is 0.821. The van der Waals surface area contributed by atoms with Crippen LogP contribution in [0.3, 0.4) is 0 Å². The van der Waals surface area contributed by atoms with E-state index < -0.39 is 23.6 Å². The van der Waals surface area contributed by atoms with Crippen LogP contribution >= 0.6 is 12.2 Å². The number of benzene rings is 2. The first kappa shape index (κ1) is 20.2. The van der Waals surface area contributed by atoms with Crippen LogP contribution < -0.4 is 10.2 Å². The first-order valence-corrected chi connectivity index (χ1v) is 9.44. The van der Waals surface area contributed by atoms with Crippen molar-refractivity contribution >= 4 is 46.9 Å². The van der Waals surface area contributed by atoms with Gasteiger partial charge in [0.25, 0.3) is 11.8 Å². The van der Waals surface area contributed by atoms with Gasteiger partial charge in [-0.25, -0.2) is 9.18 Å². The van der Waals surface area contributed by atoms with Crippen LogP contribution in [0.15, 0.2) is 72.4 Å². The lowest BCUT2D eigenvalue weighted by molar-refractivity contribution is -0.122. The Morgan fingerprint density at radius 2 is 1.74 bits per heavy atom. The summed E-state index contributed by atoms with van der Waals surface area (Å²) in [6.07, 6.45) is 2.97. The number of aromatic nitrogens is 1. The number of aromatic carboxylic acids is 1. The molecule has 154 valence electrons. The third-order valence-corrected chi connectivity index (χ3v) is 4.94. The Kier molecular flexibility index (Phi) is 5.18. The number of para-hydroxylation sites is 1. The van der Waals surface area contributed by atoms with Crippen LogP contribution in [-0.4, -0.2) is 32.6 Å². The summed E-state index contributed by atoms with van der Waals surface area (Å²) in [5.74, 6) is -2.94. The Balaban J connectivity index is 1.73. The molecule has 31 heavy (non-hydrogen) atoms. The normalized spacial score (nSPS) is 15.3. The highest BCUT2D eigenvalue weighted by atomic mass is 32.1. The number of rotatable bonds is 4. The zero-order valence-corrected chi connectivity index (χ0v) is 16.6. The predicted molar refractivity (Wildman–Crippen MR) is 115 cm³/mol. The van der Waals surface area contributed by atoms with Crippen LogP contribution in [0.1, 0.15) is 16.1 Å². The van der Waals surface area contributed by atoms with E-state index in [0.29, 0.717) is 11.4 Å². The fourth-order valence-electron chi connectivity index (χ4n) is 3.17. The zero-order chi connectivity index (χ0) is 22.1. The molecule has 2 amide bonds. The van der Waals surface area contributed by atoms with Gasteiger partial charge in [0.1, 0.15) is 11.4 Å². The summed E-state index contributed by atoms with van der Waals surface area (Å²) in [4.78, 5) is 37.8. The van der Waals surface area contributed by atoms with Crippen molar-refractivity contribution in [1.82, 2.24) is 9.88 Å². The zero-order valence-electron chi connectivity index (χ0n) is 15.8. The van der Waals surface area contributed by atoms with Crippen LogP contribution in [0.25, 0.3) is 11.8 Å². The Morgan fingerprint density at radius 1 is 1.03 bits per heavy atom. The summed E-state index contributed by atoms with van der Waals surface area (Å²) in [6, 6.07) is 14.9. The fraction of sp³-hybridized carbons (Fsp3) is 0. The molecule has 0 bridgehead atoms. The van der Waals surface area contributed by atoms with Crippen LogP contribution in [0.5, 0.6) is 0 Å². The van der Waals surface area contributed by atoms with Gasteiger partial charge in [0.05, 0.1) is 16.9 Å². The van der Waals surface area contributed by atoms with Crippen LogP contribution in [-0.2, 0) is 9.59 Å². The van der Waals surface area contributed by atoms with Crippen molar-refractivity contribution in [2.45, 2.75) is 0 Å². The van der Waals surface area contributed by atoms with E-state index in [1.54, 1.807) is 36.5 Å². The van der Waals surface area contributed by atoms with Gasteiger partial charge in [-0.2, -0.15) is 0 Å². The van der Waals surface area contributed by atoms with E-state index in [0.717, 1.165) is 4.90 Å². The number of carboxylic acid groups (broad SMARTS) is 1. The molecule has 0 saturated carbocycles. The summed E-state index contributed by atoms with van der Waals surface area (Å²) in [7, 11) is 0. The standard InChI is InChI=1S/C22H14FN3O4S/c23-17-5-1-2-6-18(17)25-11-3-4-15(25)12-16-19(27)24-22(31)26(20(16)28)14-9-7-13(8-10-14)21(29)30/h1-12H,(H,29,30)(H,24,27,31)/b16-12+. The molecule has 0 spiro atoms. The number of halogens is 1. The van der Waals surface area contributed by atoms with E-state index >= 15 is 0 Å². The van der Waals surface area contributed by atoms with E-state index in [2.05, 4.69) is 5.32 Å². The monoisotopic (exact) mass is 435 g/mol. The first-order valence-electron chi connectivity index (χ1n) is 9.04. The smallest absolute Gasteiger partial charge is 0.335 e. The average molecular weight is 435 g/mol. The van der Waals surface area contributed by atoms with Gasteiger partial charge in [0.2, 0.25) is 0 Å². The molecular weight excluding hydrogens is 421 g/mol. The minimum atomic E-state index is -1.11. The Hall–Kier alpha value is -4.11. The molecule has 1 saturated heterocycles. The fourth-order valence-corrected chi connectivity index (χ4v) is 3.45. The van der Waals surface area contributed by atoms with Crippen molar-refractivity contribution in [2.24, 2.45) is 0 Å². The van der Waals surface area contributed by atoms with Crippen molar-refractivity contribution in [3.8, 4) is 5.69 Å². The van der Waals surface area contributed by atoms with Gasteiger partial charge in [-0.05, 0) is 66.8 Å². The van der Waals surface area contributed by atoms with Crippen LogP contribution in [0.2, 0.25) is 0 Å². The highest BCUT2D eigenvalue weighted by Crippen LogP contribution is 2.24. The summed E-state index contributed by atoms with van der Waals surface area (Å²) < 4.78 is 15.7. The molecule has 3 aromatic rings. The topological polar surface area (TPSA) is 91.6 Å². The highest BCUT2D eigenvalue weighted by molar-refractivity contribution is 7.80. The molecule has 1 aliphatic heterocycles. The summed E-state index contributed by atoms with van der Waals surface area (Å²) >= 11 is 5.14. The minimum Gasteiger partial charge on any atom is -0.478 e. The predicted octanol–water partition coefficient (Wildman–Crippen LogP) is 3.15. The van der Waals surface area contributed by atoms with E-state index in [1.807, 2.05) is 0 Å². The average Bonchev–Trinajstić information content (AvgIpc) is 3.19. The number of amides is 2. The number of anilines is 1. The Labute approximate surface area is 181 Å². The molecule has 0 aliphatic carbocycles. The Bertz CT molecular complexity index is 1260. The van der Waals surface area contributed by atoms with E-state index in [4.69, 9.17) is 17.3 Å². The van der Waals surface area contributed by atoms with Gasteiger partial charge in [-0.3, -0.25) is 19.8 Å². The first-order chi connectivity index (χ1) is 14.9. The Morgan fingerprint density at radius 3 is 2.42 bits per heavy atom. The summed E-state index contributed by atoms with van der Waals surface area (Å²) in [5, 5.41) is 11.4. The second-order valence-corrected chi connectivity index (χ2v) is 6.95. The molecule has 0 unspecified atom stereocenters. The molecule has 2 N–H and O–H groups in total. The van der Waals surface area contributed by atoms with Gasteiger partial charge >= 0.3 is 5.97 Å². The highest BCUT2D eigenvalue weighted by Gasteiger charge is 2.34. The van der Waals surface area contributed by atoms with Crippen molar-refractivity contribution in [3.63, 3.8) is 0 Å². The largest absolute Gasteiger partial charge is 0.478 e. The number of carbonyl (C=O) groups is 3. The van der Waals surface area contributed by atoms with Gasteiger partial charge in [0, 0.05) is 11.9 Å². The quantitative estimate of drug-likeness (QED) is 0.373. The molecule has 0 atom stereocenters. The molecule has 7 nitrogen and oxygen atoms in total. The molecule has 2 heterocycles. The number of carboxylic acids is 1. The maximum Gasteiger partial charge on any atom is 0.335 e. The number of nitrogens with one attached hydrogen (secondary N) is 1. The molecule has 1 fully saturated rings. The van der Waals surface area contributed by atoms with Gasteiger partial charge < -0.3 is 9.67 Å². The third kappa shape index (κ3) is 3.74. The van der Waals surface area contributed by atoms with Crippen LogP contribution in [0, 0.1) is 5.82 Å². The number of hydrogen-bond donors (Lipinski definition) is 2. The third-order valence-electron chi connectivity index (χ3n) is 4.66. The number of carbonyl (C=O) groups excluding carboxylic acids is 2. The lowest BCUT2D eigenvalue weighted by Gasteiger charge is -2.29. The maximum atomic E-state index is 14.2. The van der Waals surface area contributed by atoms with Crippen molar-refractivity contribution in [2.75, 3.05) is 4.90 Å². The van der Waals surface area contributed by atoms with E-state index in [9.17, 15) is 18.8 Å². The molecule has 1 aliphatic rings. The molecule has 4 rings (SSSR count). The number of hydrogen-bond acceptors (Lipinski definition) is 4. The van der Waals surface area contributed by atoms with Crippen molar-refractivity contribution in [1.29, 1.82) is 0 Å². The molecule has 1 aromatic heterocycles. The van der Waals surface area contributed by atoms with Gasteiger partial charge in [-0.1, -0.05) is 12.1 Å². The van der Waals surface area contributed by atoms with Crippen molar-refractivity contribution in [3.05, 3.63) is 89.5 Å². The van der Waals surface area contributed by atoms with Crippen molar-refractivity contribution < 1.29 is 23.9 Å². The lowest BCUT2D eigenvalue weighted by Crippen LogP contribution is -2.54. The SMILES string of the molecule is O=C1NC(=S)N(c2ccc(C(=O)O)cc2)C(=O)/C1=C/c1cccn1-c1ccccc1F. The minimum absolute atomic E-state index is 0.0432.